The van der Waals surface area contributed by atoms with E-state index in [1.807, 2.05) is 25.1 Å². The number of hydrogen-bond donors (Lipinski definition) is 2. The Morgan fingerprint density at radius 2 is 2.08 bits per heavy atom. The normalized spacial score (nSPS) is 16.8. The highest BCUT2D eigenvalue weighted by Crippen LogP contribution is 2.25. The van der Waals surface area contributed by atoms with Gasteiger partial charge in [0.05, 0.1) is 5.69 Å². The van der Waals surface area contributed by atoms with Gasteiger partial charge in [0.25, 0.3) is 5.91 Å². The molecular formula is C15H16N6O2S. The van der Waals surface area contributed by atoms with Gasteiger partial charge in [0.2, 0.25) is 11.0 Å². The molecule has 0 spiro atoms. The van der Waals surface area contributed by atoms with E-state index in [1.54, 1.807) is 12.1 Å². The molecule has 0 saturated carbocycles. The van der Waals surface area contributed by atoms with Crippen molar-refractivity contribution in [3.05, 3.63) is 35.3 Å². The van der Waals surface area contributed by atoms with Crippen molar-refractivity contribution in [2.24, 2.45) is 10.8 Å². The molecule has 1 aromatic heterocycles. The van der Waals surface area contributed by atoms with Gasteiger partial charge in [-0.25, -0.2) is 0 Å². The lowest BCUT2D eigenvalue weighted by Gasteiger charge is -2.20. The summed E-state index contributed by atoms with van der Waals surface area (Å²) in [6.07, 6.45) is 0.898. The zero-order chi connectivity index (χ0) is 17.1. The van der Waals surface area contributed by atoms with E-state index in [1.165, 1.54) is 16.3 Å². The van der Waals surface area contributed by atoms with Crippen molar-refractivity contribution in [3.8, 4) is 0 Å². The molecule has 124 valence electrons. The fourth-order valence-corrected chi connectivity index (χ4v) is 2.98. The number of carbonyl (C=O) groups is 2. The average molecular weight is 344 g/mol. The van der Waals surface area contributed by atoms with Crippen LogP contribution in [0.2, 0.25) is 0 Å². The molecular weight excluding hydrogens is 328 g/mol. The molecule has 9 heteroatoms. The van der Waals surface area contributed by atoms with Crippen molar-refractivity contribution < 1.29 is 9.59 Å². The standard InChI is InChI=1S/C15H16N6O2S/c1-2-12-18-19-15(24-12)17-14(23)10-8-11(13(16)22)21(20-10)9-6-4-3-5-7-9/h3-7,11H,2,8H2,1H3,(H2,16,22)(H,17,19,23). The summed E-state index contributed by atoms with van der Waals surface area (Å²) in [7, 11) is 0. The van der Waals surface area contributed by atoms with Gasteiger partial charge >= 0.3 is 0 Å². The van der Waals surface area contributed by atoms with Gasteiger partial charge in [0, 0.05) is 6.42 Å². The number of aryl methyl sites for hydroxylation is 1. The number of hydrogen-bond acceptors (Lipinski definition) is 7. The Labute approximate surface area is 142 Å². The van der Waals surface area contributed by atoms with E-state index in [-0.39, 0.29) is 12.1 Å². The third kappa shape index (κ3) is 3.25. The van der Waals surface area contributed by atoms with Crippen LogP contribution in [0.4, 0.5) is 10.8 Å². The number of nitrogens with zero attached hydrogens (tertiary/aromatic N) is 4. The predicted octanol–water partition coefficient (Wildman–Crippen LogP) is 1.16. The molecule has 3 N–H and O–H groups in total. The number of para-hydroxylation sites is 1. The lowest BCUT2D eigenvalue weighted by atomic mass is 10.1. The number of aromatic nitrogens is 2. The molecule has 8 nitrogen and oxygen atoms in total. The second-order valence-electron chi connectivity index (χ2n) is 5.16. The average Bonchev–Trinajstić information content (AvgIpc) is 3.22. The summed E-state index contributed by atoms with van der Waals surface area (Å²) in [4.78, 5) is 24.1. The first kappa shape index (κ1) is 16.1. The minimum atomic E-state index is -0.686. The van der Waals surface area contributed by atoms with Crippen LogP contribution in [0.5, 0.6) is 0 Å². The number of nitrogens with one attached hydrogen (secondary N) is 1. The minimum absolute atomic E-state index is 0.148. The lowest BCUT2D eigenvalue weighted by Crippen LogP contribution is -2.39. The van der Waals surface area contributed by atoms with E-state index in [0.717, 1.165) is 11.4 Å². The summed E-state index contributed by atoms with van der Waals surface area (Å²) >= 11 is 1.31. The highest BCUT2D eigenvalue weighted by atomic mass is 32.1. The molecule has 1 unspecified atom stereocenters. The third-order valence-corrected chi connectivity index (χ3v) is 4.49. The predicted molar refractivity (Wildman–Crippen MR) is 91.9 cm³/mol. The summed E-state index contributed by atoms with van der Waals surface area (Å²) in [6, 6.07) is 8.44. The maximum Gasteiger partial charge on any atom is 0.273 e. The summed E-state index contributed by atoms with van der Waals surface area (Å²) < 4.78 is 0. The smallest absolute Gasteiger partial charge is 0.273 e. The Bertz CT molecular complexity index is 788. The molecule has 1 atom stereocenters. The van der Waals surface area contributed by atoms with Crippen LogP contribution in [0.15, 0.2) is 35.4 Å². The molecule has 0 radical (unpaired) electrons. The monoisotopic (exact) mass is 344 g/mol. The van der Waals surface area contributed by atoms with Crippen molar-refractivity contribution in [1.82, 2.24) is 10.2 Å². The zero-order valence-corrected chi connectivity index (χ0v) is 13.8. The molecule has 0 bridgehead atoms. The first-order valence-electron chi connectivity index (χ1n) is 7.43. The van der Waals surface area contributed by atoms with Crippen molar-refractivity contribution >= 4 is 39.7 Å². The van der Waals surface area contributed by atoms with Gasteiger partial charge in [-0.05, 0) is 18.6 Å². The summed E-state index contributed by atoms with van der Waals surface area (Å²) in [5.74, 6) is -0.937. The highest BCUT2D eigenvalue weighted by molar-refractivity contribution is 7.15. The maximum atomic E-state index is 12.4. The molecule has 0 aliphatic carbocycles. The van der Waals surface area contributed by atoms with Crippen LogP contribution in [0, 0.1) is 0 Å². The van der Waals surface area contributed by atoms with Crippen LogP contribution in [0.1, 0.15) is 18.4 Å². The van der Waals surface area contributed by atoms with Gasteiger partial charge < -0.3 is 5.73 Å². The van der Waals surface area contributed by atoms with Gasteiger partial charge in [-0.3, -0.25) is 19.9 Å². The highest BCUT2D eigenvalue weighted by Gasteiger charge is 2.35. The number of benzene rings is 1. The van der Waals surface area contributed by atoms with E-state index < -0.39 is 17.9 Å². The SMILES string of the molecule is CCc1nnc(NC(=O)C2=NN(c3ccccc3)C(C(N)=O)C2)s1. The molecule has 24 heavy (non-hydrogen) atoms. The Kier molecular flexibility index (Phi) is 4.52. The Morgan fingerprint density at radius 1 is 1.33 bits per heavy atom. The van der Waals surface area contributed by atoms with Gasteiger partial charge in [0.15, 0.2) is 0 Å². The summed E-state index contributed by atoms with van der Waals surface area (Å²) in [5.41, 5.74) is 6.39. The van der Waals surface area contributed by atoms with Gasteiger partial charge in [-0.2, -0.15) is 5.10 Å². The quantitative estimate of drug-likeness (QED) is 0.845. The Morgan fingerprint density at radius 3 is 2.71 bits per heavy atom. The number of nitrogens with two attached hydrogens (primary N) is 1. The summed E-state index contributed by atoms with van der Waals surface area (Å²) in [6.45, 7) is 1.96. The van der Waals surface area contributed by atoms with Gasteiger partial charge in [-0.1, -0.05) is 36.5 Å². The molecule has 2 heterocycles. The Hall–Kier alpha value is -2.81. The van der Waals surface area contributed by atoms with Crippen molar-refractivity contribution in [1.29, 1.82) is 0 Å². The van der Waals surface area contributed by atoms with Crippen LogP contribution >= 0.6 is 11.3 Å². The van der Waals surface area contributed by atoms with Gasteiger partial charge in [0.1, 0.15) is 16.8 Å². The lowest BCUT2D eigenvalue weighted by molar-refractivity contribution is -0.119. The first-order chi connectivity index (χ1) is 11.6. The number of rotatable bonds is 5. The second kappa shape index (κ2) is 6.75. The van der Waals surface area contributed by atoms with E-state index >= 15 is 0 Å². The topological polar surface area (TPSA) is 114 Å². The Balaban J connectivity index is 1.79. The third-order valence-electron chi connectivity index (χ3n) is 3.51. The number of anilines is 2. The van der Waals surface area contributed by atoms with Crippen molar-refractivity contribution in [2.75, 3.05) is 10.3 Å². The molecule has 2 amide bonds. The van der Waals surface area contributed by atoms with Crippen molar-refractivity contribution in [3.63, 3.8) is 0 Å². The fraction of sp³-hybridized carbons (Fsp3) is 0.267. The number of carbonyl (C=O) groups excluding carboxylic acids is 2. The second-order valence-corrected chi connectivity index (χ2v) is 6.22. The molecule has 3 rings (SSSR count). The van der Waals surface area contributed by atoms with Crippen LogP contribution < -0.4 is 16.1 Å². The van der Waals surface area contributed by atoms with Crippen LogP contribution in [0.25, 0.3) is 0 Å². The molecule has 1 aromatic carbocycles. The minimum Gasteiger partial charge on any atom is -0.368 e. The molecule has 0 saturated heterocycles. The number of amides is 2. The summed E-state index contributed by atoms with van der Waals surface area (Å²) in [5, 5.41) is 17.5. The van der Waals surface area contributed by atoms with Crippen LogP contribution in [-0.2, 0) is 16.0 Å². The maximum absolute atomic E-state index is 12.4. The van der Waals surface area contributed by atoms with E-state index in [0.29, 0.717) is 10.8 Å². The molecule has 1 aliphatic heterocycles. The van der Waals surface area contributed by atoms with Crippen LogP contribution in [0.3, 0.4) is 0 Å². The zero-order valence-electron chi connectivity index (χ0n) is 13.0. The number of primary amides is 1. The van der Waals surface area contributed by atoms with Gasteiger partial charge in [-0.15, -0.1) is 10.2 Å². The van der Waals surface area contributed by atoms with E-state index in [4.69, 9.17) is 5.73 Å². The van der Waals surface area contributed by atoms with E-state index in [9.17, 15) is 9.59 Å². The molecule has 2 aromatic rings. The van der Waals surface area contributed by atoms with E-state index in [2.05, 4.69) is 20.6 Å². The molecule has 0 fully saturated rings. The van der Waals surface area contributed by atoms with Crippen molar-refractivity contribution in [2.45, 2.75) is 25.8 Å². The first-order valence-corrected chi connectivity index (χ1v) is 8.25. The van der Waals surface area contributed by atoms with Crippen LogP contribution in [-0.4, -0.2) is 33.8 Å². The molecule has 1 aliphatic rings. The number of hydrazone groups is 1. The largest absolute Gasteiger partial charge is 0.368 e. The fourth-order valence-electron chi connectivity index (χ4n) is 2.30.